The predicted molar refractivity (Wildman–Crippen MR) is 108 cm³/mol. The molecule has 0 radical (unpaired) electrons. The highest BCUT2D eigenvalue weighted by Gasteiger charge is 2.33. The number of nitrogens with zero attached hydrogens (tertiary/aromatic N) is 1. The monoisotopic (exact) mass is 383 g/mol. The zero-order chi connectivity index (χ0) is 16.8. The minimum Gasteiger partial charge on any atom is -0.296 e. The number of fused-ring (bicyclic) bond motifs is 1. The van der Waals surface area contributed by atoms with Crippen LogP contribution in [0, 0.1) is 0 Å². The summed E-state index contributed by atoms with van der Waals surface area (Å²) in [5.41, 5.74) is 5.89. The molecular weight excluding hydrogens is 358 g/mol. The molecule has 24 heavy (non-hydrogen) atoms. The molecular formula is C22H26BrN. The molecule has 0 aromatic heterocycles. The summed E-state index contributed by atoms with van der Waals surface area (Å²) in [5, 5.41) is 0. The van der Waals surface area contributed by atoms with Crippen molar-refractivity contribution in [2.75, 3.05) is 18.9 Å². The van der Waals surface area contributed by atoms with E-state index in [4.69, 9.17) is 0 Å². The molecule has 1 atom stereocenters. The highest BCUT2D eigenvalue weighted by atomic mass is 79.9. The van der Waals surface area contributed by atoms with Crippen LogP contribution in [0.3, 0.4) is 0 Å². The van der Waals surface area contributed by atoms with Crippen molar-refractivity contribution in [1.29, 1.82) is 0 Å². The summed E-state index contributed by atoms with van der Waals surface area (Å²) in [6, 6.07) is 22.6. The lowest BCUT2D eigenvalue weighted by molar-refractivity contribution is 0.213. The third-order valence-corrected chi connectivity index (χ3v) is 5.13. The maximum absolute atomic E-state index is 2.94. The van der Waals surface area contributed by atoms with E-state index in [1.54, 1.807) is 5.57 Å². The van der Waals surface area contributed by atoms with Gasteiger partial charge in [-0.05, 0) is 53.9 Å². The van der Waals surface area contributed by atoms with Crippen LogP contribution in [0.15, 0.2) is 66.2 Å². The van der Waals surface area contributed by atoms with Gasteiger partial charge in [-0.1, -0.05) is 83.0 Å². The molecule has 2 heteroatoms. The van der Waals surface area contributed by atoms with E-state index in [9.17, 15) is 0 Å². The molecule has 2 aromatic carbocycles. The molecule has 1 unspecified atom stereocenters. The van der Waals surface area contributed by atoms with Gasteiger partial charge in [-0.3, -0.25) is 4.90 Å². The Hall–Kier alpha value is -1.38. The van der Waals surface area contributed by atoms with Crippen molar-refractivity contribution in [2.45, 2.75) is 31.7 Å². The third kappa shape index (κ3) is 3.65. The summed E-state index contributed by atoms with van der Waals surface area (Å²) in [4.78, 5) is 2.70. The van der Waals surface area contributed by atoms with Crippen LogP contribution in [0.5, 0.6) is 0 Å². The Morgan fingerprint density at radius 3 is 2.00 bits per heavy atom. The fourth-order valence-electron chi connectivity index (χ4n) is 4.12. The van der Waals surface area contributed by atoms with E-state index in [0.29, 0.717) is 6.04 Å². The average Bonchev–Trinajstić information content (AvgIpc) is 3.09. The van der Waals surface area contributed by atoms with Crippen molar-refractivity contribution in [3.63, 3.8) is 0 Å². The van der Waals surface area contributed by atoms with Crippen molar-refractivity contribution < 1.29 is 0 Å². The Balaban J connectivity index is 0.000000815. The SMILES string of the molecule is CBr.c1ccc(C(=C2CCN3CCCCC23)c2ccccc2)cc1. The van der Waals surface area contributed by atoms with Gasteiger partial charge < -0.3 is 0 Å². The predicted octanol–water partition coefficient (Wildman–Crippen LogP) is 5.76. The standard InChI is InChI=1S/C21H23N.CH3Br/c1-3-9-17(10-4-1)21(18-11-5-2-6-12-18)19-14-16-22-15-8-7-13-20(19)22;1-2/h1-6,9-12,20H,7-8,13-16H2;1H3. The Bertz CT molecular complexity index is 621. The molecule has 0 saturated carbocycles. The molecule has 0 bridgehead atoms. The molecule has 0 spiro atoms. The molecule has 0 N–H and O–H groups in total. The van der Waals surface area contributed by atoms with Crippen LogP contribution in [0.1, 0.15) is 36.8 Å². The van der Waals surface area contributed by atoms with Crippen molar-refractivity contribution in [3.05, 3.63) is 77.4 Å². The van der Waals surface area contributed by atoms with Crippen LogP contribution in [0.4, 0.5) is 0 Å². The van der Waals surface area contributed by atoms with E-state index in [2.05, 4.69) is 81.5 Å². The second-order valence-electron chi connectivity index (χ2n) is 6.43. The number of piperidine rings is 1. The number of hydrogen-bond acceptors (Lipinski definition) is 1. The molecule has 0 aliphatic carbocycles. The molecule has 2 aromatic rings. The van der Waals surface area contributed by atoms with Gasteiger partial charge in [0.15, 0.2) is 0 Å². The van der Waals surface area contributed by atoms with Crippen LogP contribution >= 0.6 is 15.9 Å². The number of halogens is 1. The molecule has 0 amide bonds. The quantitative estimate of drug-likeness (QED) is 0.595. The van der Waals surface area contributed by atoms with Gasteiger partial charge in [-0.25, -0.2) is 0 Å². The highest BCUT2D eigenvalue weighted by Crippen LogP contribution is 2.38. The lowest BCUT2D eigenvalue weighted by atomic mass is 9.87. The minimum atomic E-state index is 0.671. The van der Waals surface area contributed by atoms with Gasteiger partial charge in [0.05, 0.1) is 0 Å². The van der Waals surface area contributed by atoms with E-state index in [-0.39, 0.29) is 0 Å². The summed E-state index contributed by atoms with van der Waals surface area (Å²) < 4.78 is 0. The Labute approximate surface area is 154 Å². The Kier molecular flexibility index (Phi) is 6.28. The summed E-state index contributed by atoms with van der Waals surface area (Å²) in [5.74, 6) is 1.81. The Morgan fingerprint density at radius 1 is 0.833 bits per heavy atom. The highest BCUT2D eigenvalue weighted by molar-refractivity contribution is 9.08. The van der Waals surface area contributed by atoms with Crippen LogP contribution < -0.4 is 0 Å². The van der Waals surface area contributed by atoms with E-state index in [0.717, 1.165) is 0 Å². The first-order chi connectivity index (χ1) is 11.9. The van der Waals surface area contributed by atoms with E-state index in [1.807, 2.05) is 5.83 Å². The molecule has 2 aliphatic rings. The van der Waals surface area contributed by atoms with Gasteiger partial charge in [0.1, 0.15) is 0 Å². The largest absolute Gasteiger partial charge is 0.296 e. The first-order valence-corrected chi connectivity index (χ1v) is 10.5. The summed E-state index contributed by atoms with van der Waals surface area (Å²) >= 11 is 2.94. The fraction of sp³-hybridized carbons (Fsp3) is 0.364. The third-order valence-electron chi connectivity index (χ3n) is 5.13. The summed E-state index contributed by atoms with van der Waals surface area (Å²) in [7, 11) is 0. The maximum Gasteiger partial charge on any atom is 0.0317 e. The topological polar surface area (TPSA) is 3.24 Å². The molecule has 2 saturated heterocycles. The van der Waals surface area contributed by atoms with Gasteiger partial charge in [0.25, 0.3) is 0 Å². The number of benzene rings is 2. The summed E-state index contributed by atoms with van der Waals surface area (Å²) in [6.45, 7) is 2.52. The van der Waals surface area contributed by atoms with Gasteiger partial charge >= 0.3 is 0 Å². The smallest absolute Gasteiger partial charge is 0.0317 e. The van der Waals surface area contributed by atoms with Crippen molar-refractivity contribution in [2.24, 2.45) is 0 Å². The molecule has 2 aliphatic heterocycles. The van der Waals surface area contributed by atoms with Crippen LogP contribution in [-0.2, 0) is 0 Å². The van der Waals surface area contributed by atoms with E-state index < -0.39 is 0 Å². The lowest BCUT2D eigenvalue weighted by Crippen LogP contribution is -2.34. The molecule has 2 heterocycles. The number of alkyl halides is 1. The molecule has 126 valence electrons. The molecule has 1 nitrogen and oxygen atoms in total. The average molecular weight is 384 g/mol. The van der Waals surface area contributed by atoms with Gasteiger partial charge in [-0.2, -0.15) is 0 Å². The second-order valence-corrected chi connectivity index (χ2v) is 6.43. The second kappa shape index (κ2) is 8.64. The normalized spacial score (nSPS) is 20.1. The van der Waals surface area contributed by atoms with Crippen molar-refractivity contribution >= 4 is 21.5 Å². The Morgan fingerprint density at radius 2 is 1.42 bits per heavy atom. The fourth-order valence-corrected chi connectivity index (χ4v) is 4.12. The molecule has 4 rings (SSSR count). The minimum absolute atomic E-state index is 0.671. The van der Waals surface area contributed by atoms with Gasteiger partial charge in [-0.15, -0.1) is 0 Å². The summed E-state index contributed by atoms with van der Waals surface area (Å²) in [6.07, 6.45) is 5.31. The molecule has 2 fully saturated rings. The maximum atomic E-state index is 2.94. The van der Waals surface area contributed by atoms with E-state index in [1.165, 1.54) is 55.5 Å². The van der Waals surface area contributed by atoms with Gasteiger partial charge in [0.2, 0.25) is 0 Å². The zero-order valence-electron chi connectivity index (χ0n) is 14.4. The van der Waals surface area contributed by atoms with Crippen LogP contribution in [0.25, 0.3) is 5.57 Å². The van der Waals surface area contributed by atoms with Crippen molar-refractivity contribution in [1.82, 2.24) is 4.90 Å². The zero-order valence-corrected chi connectivity index (χ0v) is 16.0. The first-order valence-electron chi connectivity index (χ1n) is 8.89. The number of hydrogen-bond donors (Lipinski definition) is 0. The van der Waals surface area contributed by atoms with E-state index >= 15 is 0 Å². The van der Waals surface area contributed by atoms with Crippen LogP contribution in [-0.4, -0.2) is 29.9 Å². The van der Waals surface area contributed by atoms with Crippen LogP contribution in [0.2, 0.25) is 0 Å². The first kappa shape index (κ1) is 17.4. The number of rotatable bonds is 2. The van der Waals surface area contributed by atoms with Gasteiger partial charge in [0, 0.05) is 12.6 Å². The lowest BCUT2D eigenvalue weighted by Gasteiger charge is -2.31. The van der Waals surface area contributed by atoms with Crippen molar-refractivity contribution in [3.8, 4) is 0 Å².